The van der Waals surface area contributed by atoms with Gasteiger partial charge in [-0.3, -0.25) is 9.89 Å². The second-order valence-corrected chi connectivity index (χ2v) is 8.51. The van der Waals surface area contributed by atoms with E-state index in [1.165, 1.54) is 51.9 Å². The van der Waals surface area contributed by atoms with Gasteiger partial charge in [-0.05, 0) is 71.0 Å². The number of rotatable bonds is 7. The highest BCUT2D eigenvalue weighted by Crippen LogP contribution is 2.18. The molecule has 0 radical (unpaired) electrons. The zero-order chi connectivity index (χ0) is 18.2. The molecule has 0 saturated carbocycles. The fraction of sp³-hybridized carbons (Fsp3) is 0.950. The Bertz CT molecular complexity index is 407. The van der Waals surface area contributed by atoms with Gasteiger partial charge in [0.15, 0.2) is 5.96 Å². The van der Waals surface area contributed by atoms with Crippen LogP contribution in [0.3, 0.4) is 0 Å². The van der Waals surface area contributed by atoms with Gasteiger partial charge in [0.1, 0.15) is 0 Å². The standard InChI is InChI=1S/C20H41N5.HI/c1-16(2)25-14-18(4)19(15-25)23-20(21-5)22-10-6-7-11-24-12-8-17(3)9-13-24;/h16-19H,6-15H2,1-5H3,(H2,21,22,23);1H. The predicted molar refractivity (Wildman–Crippen MR) is 124 cm³/mol. The number of hydrogen-bond acceptors (Lipinski definition) is 3. The molecule has 2 N–H and O–H groups in total. The average molecular weight is 479 g/mol. The summed E-state index contributed by atoms with van der Waals surface area (Å²) in [4.78, 5) is 9.60. The lowest BCUT2D eigenvalue weighted by Crippen LogP contribution is -2.47. The third kappa shape index (κ3) is 7.89. The van der Waals surface area contributed by atoms with Gasteiger partial charge in [-0.2, -0.15) is 0 Å². The Morgan fingerprint density at radius 1 is 1.12 bits per heavy atom. The summed E-state index contributed by atoms with van der Waals surface area (Å²) < 4.78 is 0. The Balaban J connectivity index is 0.00000338. The van der Waals surface area contributed by atoms with Crippen LogP contribution in [0.2, 0.25) is 0 Å². The fourth-order valence-corrected chi connectivity index (χ4v) is 3.94. The molecule has 5 nitrogen and oxygen atoms in total. The summed E-state index contributed by atoms with van der Waals surface area (Å²) in [6, 6.07) is 1.13. The monoisotopic (exact) mass is 479 g/mol. The Morgan fingerprint density at radius 2 is 1.81 bits per heavy atom. The molecule has 154 valence electrons. The minimum Gasteiger partial charge on any atom is -0.356 e. The second kappa shape index (κ2) is 12.4. The van der Waals surface area contributed by atoms with Crippen LogP contribution in [0.5, 0.6) is 0 Å². The number of guanidine groups is 1. The molecule has 0 aromatic carbocycles. The first-order chi connectivity index (χ1) is 12.0. The lowest BCUT2D eigenvalue weighted by Gasteiger charge is -2.30. The minimum absolute atomic E-state index is 0. The number of likely N-dealkylation sites (tertiary alicyclic amines) is 2. The van der Waals surface area contributed by atoms with Crippen LogP contribution >= 0.6 is 24.0 Å². The normalized spacial score (nSPS) is 26.2. The maximum atomic E-state index is 4.42. The topological polar surface area (TPSA) is 42.9 Å². The number of piperidine rings is 1. The molecule has 2 saturated heterocycles. The second-order valence-electron chi connectivity index (χ2n) is 8.51. The molecule has 0 aliphatic carbocycles. The molecule has 2 unspecified atom stereocenters. The summed E-state index contributed by atoms with van der Waals surface area (Å²) in [7, 11) is 1.88. The molecule has 0 amide bonds. The molecule has 0 aromatic rings. The van der Waals surface area contributed by atoms with E-state index in [2.05, 4.69) is 53.1 Å². The third-order valence-electron chi connectivity index (χ3n) is 5.99. The van der Waals surface area contributed by atoms with Crippen LogP contribution in [0.4, 0.5) is 0 Å². The van der Waals surface area contributed by atoms with Gasteiger partial charge in [0.05, 0.1) is 0 Å². The summed E-state index contributed by atoms with van der Waals surface area (Å²) in [6.07, 6.45) is 5.24. The fourth-order valence-electron chi connectivity index (χ4n) is 3.94. The number of nitrogens with one attached hydrogen (secondary N) is 2. The van der Waals surface area contributed by atoms with Gasteiger partial charge in [-0.25, -0.2) is 0 Å². The van der Waals surface area contributed by atoms with E-state index in [-0.39, 0.29) is 24.0 Å². The van der Waals surface area contributed by atoms with E-state index in [1.807, 2.05) is 7.05 Å². The predicted octanol–water partition coefficient (Wildman–Crippen LogP) is 3.01. The van der Waals surface area contributed by atoms with Crippen molar-refractivity contribution in [2.75, 3.05) is 46.3 Å². The van der Waals surface area contributed by atoms with E-state index < -0.39 is 0 Å². The molecule has 2 atom stereocenters. The van der Waals surface area contributed by atoms with E-state index in [0.29, 0.717) is 18.0 Å². The maximum Gasteiger partial charge on any atom is 0.191 e. The largest absolute Gasteiger partial charge is 0.356 e. The van der Waals surface area contributed by atoms with Crippen molar-refractivity contribution in [3.05, 3.63) is 0 Å². The van der Waals surface area contributed by atoms with Gasteiger partial charge >= 0.3 is 0 Å². The van der Waals surface area contributed by atoms with Gasteiger partial charge in [-0.1, -0.05) is 13.8 Å². The van der Waals surface area contributed by atoms with Crippen molar-refractivity contribution in [2.45, 2.75) is 65.5 Å². The van der Waals surface area contributed by atoms with Crippen LogP contribution in [-0.2, 0) is 0 Å². The number of hydrogen-bond donors (Lipinski definition) is 2. The van der Waals surface area contributed by atoms with Crippen LogP contribution in [0, 0.1) is 11.8 Å². The van der Waals surface area contributed by atoms with Crippen molar-refractivity contribution < 1.29 is 0 Å². The average Bonchev–Trinajstić information content (AvgIpc) is 2.96. The lowest BCUT2D eigenvalue weighted by atomic mass is 9.99. The molecular formula is C20H42IN5. The molecule has 2 heterocycles. The van der Waals surface area contributed by atoms with E-state index in [0.717, 1.165) is 25.0 Å². The Hall–Kier alpha value is -0.0800. The maximum absolute atomic E-state index is 4.42. The van der Waals surface area contributed by atoms with Crippen molar-refractivity contribution >= 4 is 29.9 Å². The Kier molecular flexibility index (Phi) is 11.4. The van der Waals surface area contributed by atoms with Crippen molar-refractivity contribution in [1.29, 1.82) is 0 Å². The molecule has 2 aliphatic rings. The van der Waals surface area contributed by atoms with Crippen molar-refractivity contribution in [1.82, 2.24) is 20.4 Å². The van der Waals surface area contributed by atoms with Crippen molar-refractivity contribution in [3.8, 4) is 0 Å². The quantitative estimate of drug-likeness (QED) is 0.255. The molecule has 26 heavy (non-hydrogen) atoms. The van der Waals surface area contributed by atoms with Gasteiger partial charge < -0.3 is 15.5 Å². The molecular weight excluding hydrogens is 437 g/mol. The molecule has 0 spiro atoms. The van der Waals surface area contributed by atoms with Gasteiger partial charge in [-0.15, -0.1) is 24.0 Å². The Morgan fingerprint density at radius 3 is 2.38 bits per heavy atom. The van der Waals surface area contributed by atoms with Gasteiger partial charge in [0, 0.05) is 38.8 Å². The zero-order valence-electron chi connectivity index (χ0n) is 17.6. The molecule has 2 aliphatic heterocycles. The number of halogens is 1. The van der Waals surface area contributed by atoms with Gasteiger partial charge in [0.2, 0.25) is 0 Å². The van der Waals surface area contributed by atoms with Crippen LogP contribution in [0.25, 0.3) is 0 Å². The van der Waals surface area contributed by atoms with Crippen molar-refractivity contribution in [3.63, 3.8) is 0 Å². The van der Waals surface area contributed by atoms with Crippen LogP contribution in [0.1, 0.15) is 53.4 Å². The lowest BCUT2D eigenvalue weighted by molar-refractivity contribution is 0.189. The summed E-state index contributed by atoms with van der Waals surface area (Å²) in [6.45, 7) is 16.4. The summed E-state index contributed by atoms with van der Waals surface area (Å²) in [5.74, 6) is 2.56. The highest BCUT2D eigenvalue weighted by molar-refractivity contribution is 14.0. The number of nitrogens with zero attached hydrogens (tertiary/aromatic N) is 3. The Labute approximate surface area is 178 Å². The number of unbranched alkanes of at least 4 members (excludes halogenated alkanes) is 1. The summed E-state index contributed by atoms with van der Waals surface area (Å²) in [5.41, 5.74) is 0. The molecule has 2 fully saturated rings. The van der Waals surface area contributed by atoms with E-state index in [4.69, 9.17) is 0 Å². The SMILES string of the molecule is CN=C(NCCCCN1CCC(C)CC1)NC1CN(C(C)C)CC1C.I. The first kappa shape index (κ1) is 24.0. The molecule has 0 bridgehead atoms. The molecule has 0 aromatic heterocycles. The highest BCUT2D eigenvalue weighted by atomic mass is 127. The third-order valence-corrected chi connectivity index (χ3v) is 5.99. The van der Waals surface area contributed by atoms with Crippen LogP contribution in [0.15, 0.2) is 4.99 Å². The van der Waals surface area contributed by atoms with Gasteiger partial charge in [0.25, 0.3) is 0 Å². The zero-order valence-corrected chi connectivity index (χ0v) is 20.0. The van der Waals surface area contributed by atoms with Crippen molar-refractivity contribution in [2.24, 2.45) is 16.8 Å². The molecule has 6 heteroatoms. The highest BCUT2D eigenvalue weighted by Gasteiger charge is 2.31. The van der Waals surface area contributed by atoms with E-state index >= 15 is 0 Å². The number of aliphatic imine (C=N–C) groups is 1. The van der Waals surface area contributed by atoms with Crippen LogP contribution < -0.4 is 10.6 Å². The van der Waals surface area contributed by atoms with Crippen LogP contribution in [-0.4, -0.2) is 74.2 Å². The summed E-state index contributed by atoms with van der Waals surface area (Å²) >= 11 is 0. The van der Waals surface area contributed by atoms with E-state index in [9.17, 15) is 0 Å². The minimum atomic E-state index is 0. The van der Waals surface area contributed by atoms with E-state index in [1.54, 1.807) is 0 Å². The first-order valence-electron chi connectivity index (χ1n) is 10.4. The molecule has 2 rings (SSSR count). The first-order valence-corrected chi connectivity index (χ1v) is 10.4. The summed E-state index contributed by atoms with van der Waals surface area (Å²) in [5, 5.41) is 7.14. The smallest absolute Gasteiger partial charge is 0.191 e.